The van der Waals surface area contributed by atoms with E-state index in [9.17, 15) is 4.79 Å². The number of likely N-dealkylation sites (tertiary alicyclic amines) is 1. The van der Waals surface area contributed by atoms with Crippen molar-refractivity contribution in [2.45, 2.75) is 25.7 Å². The van der Waals surface area contributed by atoms with Gasteiger partial charge in [0.05, 0.1) is 16.6 Å². The minimum absolute atomic E-state index is 0.0607. The highest BCUT2D eigenvalue weighted by Gasteiger charge is 2.28. The summed E-state index contributed by atoms with van der Waals surface area (Å²) in [5, 5.41) is 7.58. The van der Waals surface area contributed by atoms with Crippen LogP contribution in [0.3, 0.4) is 0 Å². The fourth-order valence-corrected chi connectivity index (χ4v) is 2.97. The molecule has 2 aromatic rings. The van der Waals surface area contributed by atoms with Gasteiger partial charge in [-0.25, -0.2) is 4.79 Å². The molecule has 1 aliphatic rings. The van der Waals surface area contributed by atoms with Gasteiger partial charge in [0.1, 0.15) is 0 Å². The van der Waals surface area contributed by atoms with Gasteiger partial charge in [-0.1, -0.05) is 28.4 Å². The van der Waals surface area contributed by atoms with Gasteiger partial charge < -0.3 is 14.7 Å². The van der Waals surface area contributed by atoms with Crippen molar-refractivity contribution in [2.24, 2.45) is 0 Å². The molecule has 0 spiro atoms. The molecule has 1 aliphatic heterocycles. The van der Waals surface area contributed by atoms with Crippen molar-refractivity contribution < 1.29 is 9.32 Å². The fraction of sp³-hybridized carbons (Fsp3) is 0.400. The average Bonchev–Trinajstić information content (AvgIpc) is 2.97. The molecule has 6 nitrogen and oxygen atoms in total. The number of halogens is 2. The van der Waals surface area contributed by atoms with Gasteiger partial charge in [0, 0.05) is 18.1 Å². The van der Waals surface area contributed by atoms with Gasteiger partial charge in [0.2, 0.25) is 5.89 Å². The average molecular weight is 355 g/mol. The predicted molar refractivity (Wildman–Crippen MR) is 88.1 cm³/mol. The SMILES string of the molecule is Cc1noc(C2CCCN(C(=O)Nc3cc(Cl)ccc3Cl)C2)n1. The van der Waals surface area contributed by atoms with Crippen LogP contribution in [0, 0.1) is 6.92 Å². The molecule has 0 bridgehead atoms. The normalized spacial score (nSPS) is 18.0. The van der Waals surface area contributed by atoms with E-state index in [1.807, 2.05) is 0 Å². The topological polar surface area (TPSA) is 71.3 Å². The number of hydrogen-bond donors (Lipinski definition) is 1. The number of carbonyl (C=O) groups excluding carboxylic acids is 1. The van der Waals surface area contributed by atoms with Gasteiger partial charge in [0.15, 0.2) is 5.82 Å². The molecule has 1 aromatic carbocycles. The minimum Gasteiger partial charge on any atom is -0.339 e. The summed E-state index contributed by atoms with van der Waals surface area (Å²) in [4.78, 5) is 18.4. The third-order valence-electron chi connectivity index (χ3n) is 3.77. The number of benzene rings is 1. The maximum absolute atomic E-state index is 12.5. The first-order chi connectivity index (χ1) is 11.0. The van der Waals surface area contributed by atoms with E-state index in [4.69, 9.17) is 27.7 Å². The minimum atomic E-state index is -0.213. The Labute approximate surface area is 143 Å². The summed E-state index contributed by atoms with van der Waals surface area (Å²) in [6.45, 7) is 2.99. The highest BCUT2D eigenvalue weighted by Crippen LogP contribution is 2.28. The van der Waals surface area contributed by atoms with Crippen molar-refractivity contribution in [3.05, 3.63) is 40.0 Å². The summed E-state index contributed by atoms with van der Waals surface area (Å²) in [6, 6.07) is 4.74. The maximum Gasteiger partial charge on any atom is 0.321 e. The van der Waals surface area contributed by atoms with Gasteiger partial charge in [-0.15, -0.1) is 0 Å². The maximum atomic E-state index is 12.5. The molecule has 0 aliphatic carbocycles. The zero-order valence-corrected chi connectivity index (χ0v) is 14.1. The number of aromatic nitrogens is 2. The van der Waals surface area contributed by atoms with Crippen molar-refractivity contribution >= 4 is 34.9 Å². The molecule has 1 aromatic heterocycles. The van der Waals surface area contributed by atoms with Crippen molar-refractivity contribution in [3.63, 3.8) is 0 Å². The number of nitrogens with one attached hydrogen (secondary N) is 1. The van der Waals surface area contributed by atoms with E-state index in [1.54, 1.807) is 30.0 Å². The first-order valence-electron chi connectivity index (χ1n) is 7.34. The Hall–Kier alpha value is -1.79. The third kappa shape index (κ3) is 3.76. The van der Waals surface area contributed by atoms with Crippen LogP contribution in [0.25, 0.3) is 0 Å². The molecular formula is C15H16Cl2N4O2. The molecule has 122 valence electrons. The lowest BCUT2D eigenvalue weighted by molar-refractivity contribution is 0.184. The van der Waals surface area contributed by atoms with Gasteiger partial charge in [-0.05, 0) is 38.0 Å². The van der Waals surface area contributed by atoms with Crippen molar-refractivity contribution in [3.8, 4) is 0 Å². The quantitative estimate of drug-likeness (QED) is 0.881. The standard InChI is InChI=1S/C15H16Cl2N4O2/c1-9-18-14(23-20-9)10-3-2-6-21(8-10)15(22)19-13-7-11(16)4-5-12(13)17/h4-5,7,10H,2-3,6,8H2,1H3,(H,19,22). The summed E-state index contributed by atoms with van der Waals surface area (Å²) in [7, 11) is 0. The number of rotatable bonds is 2. The zero-order valence-electron chi connectivity index (χ0n) is 12.6. The van der Waals surface area contributed by atoms with E-state index >= 15 is 0 Å². The van der Waals surface area contributed by atoms with Crippen LogP contribution in [0.15, 0.2) is 22.7 Å². The van der Waals surface area contributed by atoms with Crippen LogP contribution in [0.4, 0.5) is 10.5 Å². The Morgan fingerprint density at radius 1 is 1.43 bits per heavy atom. The molecule has 1 unspecified atom stereocenters. The predicted octanol–water partition coefficient (Wildman–Crippen LogP) is 4.10. The van der Waals surface area contributed by atoms with E-state index in [0.29, 0.717) is 40.5 Å². The van der Waals surface area contributed by atoms with Crippen LogP contribution in [0.2, 0.25) is 10.0 Å². The van der Waals surface area contributed by atoms with Crippen LogP contribution in [-0.4, -0.2) is 34.2 Å². The summed E-state index contributed by atoms with van der Waals surface area (Å²) in [5.74, 6) is 1.25. The molecule has 2 heterocycles. The molecule has 8 heteroatoms. The lowest BCUT2D eigenvalue weighted by atomic mass is 9.98. The van der Waals surface area contributed by atoms with Crippen molar-refractivity contribution in [1.29, 1.82) is 0 Å². The molecule has 0 saturated carbocycles. The van der Waals surface area contributed by atoms with E-state index in [0.717, 1.165) is 12.8 Å². The second kappa shape index (κ2) is 6.76. The van der Waals surface area contributed by atoms with Crippen LogP contribution >= 0.6 is 23.2 Å². The molecule has 2 amide bonds. The molecule has 1 fully saturated rings. The third-order valence-corrected chi connectivity index (χ3v) is 4.34. The van der Waals surface area contributed by atoms with Gasteiger partial charge in [-0.2, -0.15) is 4.98 Å². The monoisotopic (exact) mass is 354 g/mol. The lowest BCUT2D eigenvalue weighted by Crippen LogP contribution is -2.41. The Morgan fingerprint density at radius 3 is 3.00 bits per heavy atom. The van der Waals surface area contributed by atoms with Crippen LogP contribution in [0.5, 0.6) is 0 Å². The van der Waals surface area contributed by atoms with Gasteiger partial charge >= 0.3 is 6.03 Å². The Balaban J connectivity index is 1.68. The van der Waals surface area contributed by atoms with E-state index in [2.05, 4.69) is 15.5 Å². The van der Waals surface area contributed by atoms with Crippen LogP contribution < -0.4 is 5.32 Å². The Morgan fingerprint density at radius 2 is 2.26 bits per heavy atom. The number of aryl methyl sites for hydroxylation is 1. The number of urea groups is 1. The smallest absolute Gasteiger partial charge is 0.321 e. The summed E-state index contributed by atoms with van der Waals surface area (Å²) >= 11 is 12.0. The van der Waals surface area contributed by atoms with Crippen LogP contribution in [0.1, 0.15) is 30.5 Å². The van der Waals surface area contributed by atoms with Gasteiger partial charge in [0.25, 0.3) is 0 Å². The number of anilines is 1. The number of nitrogens with zero attached hydrogens (tertiary/aromatic N) is 3. The molecule has 0 radical (unpaired) electrons. The second-order valence-corrected chi connectivity index (χ2v) is 6.36. The first kappa shape index (κ1) is 16.1. The van der Waals surface area contributed by atoms with Crippen molar-refractivity contribution in [2.75, 3.05) is 18.4 Å². The van der Waals surface area contributed by atoms with E-state index in [1.165, 1.54) is 0 Å². The molecule has 1 N–H and O–H groups in total. The lowest BCUT2D eigenvalue weighted by Gasteiger charge is -2.31. The molecule has 3 rings (SSSR count). The summed E-state index contributed by atoms with van der Waals surface area (Å²) in [6.07, 6.45) is 1.80. The number of carbonyl (C=O) groups is 1. The summed E-state index contributed by atoms with van der Waals surface area (Å²) in [5.41, 5.74) is 0.500. The number of amides is 2. The molecule has 23 heavy (non-hydrogen) atoms. The fourth-order valence-electron chi connectivity index (χ4n) is 2.63. The largest absolute Gasteiger partial charge is 0.339 e. The Bertz CT molecular complexity index is 719. The number of hydrogen-bond acceptors (Lipinski definition) is 4. The summed E-state index contributed by atoms with van der Waals surface area (Å²) < 4.78 is 5.23. The highest BCUT2D eigenvalue weighted by molar-refractivity contribution is 6.35. The van der Waals surface area contributed by atoms with Crippen LogP contribution in [-0.2, 0) is 0 Å². The van der Waals surface area contributed by atoms with Crippen molar-refractivity contribution in [1.82, 2.24) is 15.0 Å². The molecular weight excluding hydrogens is 339 g/mol. The van der Waals surface area contributed by atoms with Gasteiger partial charge in [-0.3, -0.25) is 0 Å². The Kier molecular flexibility index (Phi) is 4.73. The second-order valence-electron chi connectivity index (χ2n) is 5.52. The molecule has 1 atom stereocenters. The van der Waals surface area contributed by atoms with E-state index in [-0.39, 0.29) is 11.9 Å². The highest BCUT2D eigenvalue weighted by atomic mass is 35.5. The zero-order chi connectivity index (χ0) is 16.4. The molecule has 1 saturated heterocycles. The number of piperidine rings is 1. The van der Waals surface area contributed by atoms with E-state index < -0.39 is 0 Å². The first-order valence-corrected chi connectivity index (χ1v) is 8.09.